The van der Waals surface area contributed by atoms with Crippen LogP contribution in [-0.4, -0.2) is 47.9 Å². The molecule has 5 heteroatoms. The number of halogens is 1. The van der Waals surface area contributed by atoms with E-state index in [0.29, 0.717) is 18.5 Å². The zero-order chi connectivity index (χ0) is 17.2. The van der Waals surface area contributed by atoms with E-state index in [9.17, 15) is 4.79 Å². The van der Waals surface area contributed by atoms with Gasteiger partial charge in [0.1, 0.15) is 0 Å². The van der Waals surface area contributed by atoms with Crippen LogP contribution in [0.3, 0.4) is 0 Å². The van der Waals surface area contributed by atoms with Crippen LogP contribution in [-0.2, 0) is 11.2 Å². The minimum Gasteiger partial charge on any atom is -0.341 e. The zero-order valence-electron chi connectivity index (χ0n) is 15.5. The highest BCUT2D eigenvalue weighted by Gasteiger charge is 2.35. The topological polar surface area (TPSA) is 23.6 Å². The molecule has 142 valence electrons. The van der Waals surface area contributed by atoms with Gasteiger partial charge in [0.2, 0.25) is 5.91 Å². The zero-order valence-corrected chi connectivity index (χ0v) is 17.2. The van der Waals surface area contributed by atoms with E-state index in [1.807, 2.05) is 7.05 Å². The van der Waals surface area contributed by atoms with Crippen molar-refractivity contribution in [1.29, 1.82) is 0 Å². The number of hydrogen-bond acceptors (Lipinski definition) is 3. The van der Waals surface area contributed by atoms with Crippen molar-refractivity contribution in [3.05, 3.63) is 35.2 Å². The molecule has 3 nitrogen and oxygen atoms in total. The van der Waals surface area contributed by atoms with Gasteiger partial charge in [0, 0.05) is 23.8 Å². The second-order valence-electron chi connectivity index (χ2n) is 7.60. The fourth-order valence-corrected chi connectivity index (χ4v) is 5.62. The lowest BCUT2D eigenvalue weighted by Crippen LogP contribution is -2.53. The summed E-state index contributed by atoms with van der Waals surface area (Å²) in [6, 6.07) is 9.43. The Hall–Kier alpha value is -1.10. The molecule has 2 fully saturated rings. The van der Waals surface area contributed by atoms with Gasteiger partial charge in [0.25, 0.3) is 0 Å². The lowest BCUT2D eigenvalue weighted by Gasteiger charge is -2.42. The molecular weight excluding hydrogens is 364 g/mol. The number of carbonyl (C=O) groups is 1. The van der Waals surface area contributed by atoms with Gasteiger partial charge < -0.3 is 4.90 Å². The van der Waals surface area contributed by atoms with Crippen LogP contribution < -0.4 is 0 Å². The molecule has 2 heterocycles. The summed E-state index contributed by atoms with van der Waals surface area (Å²) in [7, 11) is 2.04. The second kappa shape index (κ2) is 8.73. The third-order valence-corrected chi connectivity index (χ3v) is 7.10. The number of amides is 1. The average Bonchev–Trinajstić information content (AvgIpc) is 3.33. The van der Waals surface area contributed by atoms with Crippen LogP contribution in [0.1, 0.15) is 44.1 Å². The van der Waals surface area contributed by atoms with Crippen LogP contribution in [0.15, 0.2) is 29.6 Å². The van der Waals surface area contributed by atoms with E-state index in [2.05, 4.69) is 39.4 Å². The summed E-state index contributed by atoms with van der Waals surface area (Å²) in [5.74, 6) is 0.275. The molecule has 2 aromatic rings. The van der Waals surface area contributed by atoms with Crippen LogP contribution in [0, 0.1) is 0 Å². The van der Waals surface area contributed by atoms with Crippen LogP contribution in [0.2, 0.25) is 0 Å². The maximum atomic E-state index is 13.0. The third kappa shape index (κ3) is 3.92. The molecule has 1 aliphatic carbocycles. The van der Waals surface area contributed by atoms with Gasteiger partial charge in [0.15, 0.2) is 0 Å². The van der Waals surface area contributed by atoms with Crippen LogP contribution in [0.5, 0.6) is 0 Å². The van der Waals surface area contributed by atoms with Crippen molar-refractivity contribution in [1.82, 2.24) is 9.80 Å². The van der Waals surface area contributed by atoms with Crippen molar-refractivity contribution >= 4 is 39.7 Å². The van der Waals surface area contributed by atoms with Gasteiger partial charge in [-0.15, -0.1) is 23.7 Å². The van der Waals surface area contributed by atoms with Gasteiger partial charge in [-0.3, -0.25) is 9.69 Å². The third-order valence-electron chi connectivity index (χ3n) is 6.10. The smallest absolute Gasteiger partial charge is 0.227 e. The first-order valence-electron chi connectivity index (χ1n) is 9.69. The number of thiophene rings is 1. The molecule has 2 atom stereocenters. The Morgan fingerprint density at radius 3 is 2.73 bits per heavy atom. The van der Waals surface area contributed by atoms with Gasteiger partial charge in [0.05, 0.1) is 6.42 Å². The molecule has 1 aromatic carbocycles. The first-order valence-corrected chi connectivity index (χ1v) is 10.6. The van der Waals surface area contributed by atoms with Crippen molar-refractivity contribution in [2.75, 3.05) is 20.1 Å². The first-order chi connectivity index (χ1) is 12.2. The Morgan fingerprint density at radius 1 is 1.15 bits per heavy atom. The highest BCUT2D eigenvalue weighted by Crippen LogP contribution is 2.30. The quantitative estimate of drug-likeness (QED) is 0.750. The standard InChI is InChI=1S/C21H28N2OS.ClH/c1-22(18-9-2-3-10-19(18)23-12-4-5-13-23)20(24)15-17-8-6-7-16-11-14-25-21(16)17;/h6-8,11,14,18-19H,2-5,9-10,12-13,15H2,1H3;1H/t18-,19-;/m1./s1. The number of likely N-dealkylation sites (N-methyl/N-ethyl adjacent to an activating group) is 1. The maximum absolute atomic E-state index is 13.0. The maximum Gasteiger partial charge on any atom is 0.227 e. The van der Waals surface area contributed by atoms with Gasteiger partial charge in [-0.05, 0) is 61.2 Å². The SMILES string of the molecule is CN(C(=O)Cc1cccc2ccsc12)[C@@H]1CCCC[C@H]1N1CCCC1.Cl. The minimum atomic E-state index is 0. The van der Waals surface area contributed by atoms with Gasteiger partial charge in [-0.25, -0.2) is 0 Å². The van der Waals surface area contributed by atoms with E-state index in [1.54, 1.807) is 11.3 Å². The molecule has 4 rings (SSSR count). The molecule has 0 N–H and O–H groups in total. The molecule has 1 saturated carbocycles. The van der Waals surface area contributed by atoms with E-state index < -0.39 is 0 Å². The average molecular weight is 393 g/mol. The van der Waals surface area contributed by atoms with Gasteiger partial charge >= 0.3 is 0 Å². The molecule has 0 spiro atoms. The summed E-state index contributed by atoms with van der Waals surface area (Å²) in [6.45, 7) is 2.44. The van der Waals surface area contributed by atoms with Gasteiger partial charge in [-0.2, -0.15) is 0 Å². The van der Waals surface area contributed by atoms with E-state index in [1.165, 1.54) is 60.8 Å². The normalized spacial score (nSPS) is 23.7. The molecule has 0 radical (unpaired) electrons. The van der Waals surface area contributed by atoms with Crippen molar-refractivity contribution in [3.8, 4) is 0 Å². The molecular formula is C21H29ClN2OS. The first kappa shape index (κ1) is 19.7. The molecule has 1 saturated heterocycles. The minimum absolute atomic E-state index is 0. The summed E-state index contributed by atoms with van der Waals surface area (Å²) < 4.78 is 1.27. The van der Waals surface area contributed by atoms with E-state index in [0.717, 1.165) is 6.42 Å². The number of hydrogen-bond donors (Lipinski definition) is 0. The molecule has 26 heavy (non-hydrogen) atoms. The summed E-state index contributed by atoms with van der Waals surface area (Å²) in [5, 5.41) is 3.37. The summed E-state index contributed by atoms with van der Waals surface area (Å²) in [5.41, 5.74) is 1.18. The largest absolute Gasteiger partial charge is 0.341 e. The number of likely N-dealkylation sites (tertiary alicyclic amines) is 1. The van der Waals surface area contributed by atoms with Crippen molar-refractivity contribution < 1.29 is 4.79 Å². The molecule has 1 amide bonds. The van der Waals surface area contributed by atoms with Crippen LogP contribution in [0.4, 0.5) is 0 Å². The van der Waals surface area contributed by atoms with Crippen LogP contribution >= 0.6 is 23.7 Å². The lowest BCUT2D eigenvalue weighted by molar-refractivity contribution is -0.133. The Labute approximate surface area is 166 Å². The molecule has 0 bridgehead atoms. The predicted molar refractivity (Wildman–Crippen MR) is 112 cm³/mol. The van der Waals surface area contributed by atoms with Crippen molar-refractivity contribution in [2.24, 2.45) is 0 Å². The number of nitrogens with zero attached hydrogens (tertiary/aromatic N) is 2. The monoisotopic (exact) mass is 392 g/mol. The molecule has 1 aromatic heterocycles. The second-order valence-corrected chi connectivity index (χ2v) is 8.52. The highest BCUT2D eigenvalue weighted by atomic mass is 35.5. The molecule has 1 aliphatic heterocycles. The Bertz CT molecular complexity index is 740. The van der Waals surface area contributed by atoms with Crippen molar-refractivity contribution in [2.45, 2.75) is 57.0 Å². The van der Waals surface area contributed by atoms with E-state index in [4.69, 9.17) is 0 Å². The summed E-state index contributed by atoms with van der Waals surface area (Å²) in [6.07, 6.45) is 8.15. The lowest BCUT2D eigenvalue weighted by atomic mass is 9.88. The van der Waals surface area contributed by atoms with Crippen molar-refractivity contribution in [3.63, 3.8) is 0 Å². The number of rotatable bonds is 4. The predicted octanol–water partition coefficient (Wildman–Crippen LogP) is 4.73. The van der Waals surface area contributed by atoms with E-state index in [-0.39, 0.29) is 18.3 Å². The Kier molecular flexibility index (Phi) is 6.60. The number of benzene rings is 1. The fourth-order valence-electron chi connectivity index (χ4n) is 4.71. The number of carbonyl (C=O) groups excluding carboxylic acids is 1. The Morgan fingerprint density at radius 2 is 1.92 bits per heavy atom. The Balaban J connectivity index is 0.00000196. The van der Waals surface area contributed by atoms with Crippen LogP contribution in [0.25, 0.3) is 10.1 Å². The fraction of sp³-hybridized carbons (Fsp3) is 0.571. The number of fused-ring (bicyclic) bond motifs is 1. The van der Waals surface area contributed by atoms with E-state index >= 15 is 0 Å². The molecule has 0 unspecified atom stereocenters. The van der Waals surface area contributed by atoms with Gasteiger partial charge in [-0.1, -0.05) is 31.0 Å². The molecule has 2 aliphatic rings. The highest BCUT2D eigenvalue weighted by molar-refractivity contribution is 7.17. The summed E-state index contributed by atoms with van der Waals surface area (Å²) in [4.78, 5) is 17.8. The summed E-state index contributed by atoms with van der Waals surface area (Å²) >= 11 is 1.75.